The van der Waals surface area contributed by atoms with E-state index in [2.05, 4.69) is 0 Å². The van der Waals surface area contributed by atoms with Crippen LogP contribution in [0.4, 0.5) is 14.4 Å². The highest BCUT2D eigenvalue weighted by molar-refractivity contribution is 7.88. The number of amides is 6. The molecular formula is C8H12N6O7S. The molecular weight excluding hydrogens is 324 g/mol. The molecule has 2 aliphatic rings. The van der Waals surface area contributed by atoms with Gasteiger partial charge in [-0.05, 0) is 0 Å². The highest BCUT2D eigenvalue weighted by atomic mass is 32.2. The number of likely N-dealkylation sites (tertiary alicyclic amines) is 1. The third-order valence-electron chi connectivity index (χ3n) is 2.98. The summed E-state index contributed by atoms with van der Waals surface area (Å²) in [6, 6.07) is -3.41. The summed E-state index contributed by atoms with van der Waals surface area (Å²) in [5.41, 5.74) is 0. The van der Waals surface area contributed by atoms with E-state index >= 15 is 0 Å². The Kier molecular flexibility index (Phi) is 3.80. The SMILES string of the molecule is NN1CCN(S(=O)(=O)NC(=O)N2C[C@H](NC(=O)O)C2=O)C1=O. The van der Waals surface area contributed by atoms with Gasteiger partial charge in [0.05, 0.1) is 19.6 Å². The number of β-lactam (4-membered cyclic amide) rings is 1. The van der Waals surface area contributed by atoms with Crippen molar-refractivity contribution in [2.24, 2.45) is 5.84 Å². The molecule has 0 radical (unpaired) electrons. The molecule has 2 heterocycles. The van der Waals surface area contributed by atoms with Crippen LogP contribution >= 0.6 is 0 Å². The van der Waals surface area contributed by atoms with Gasteiger partial charge in [0.15, 0.2) is 0 Å². The van der Waals surface area contributed by atoms with Gasteiger partial charge >= 0.3 is 28.4 Å². The first-order chi connectivity index (χ1) is 10.1. The van der Waals surface area contributed by atoms with E-state index in [1.165, 1.54) is 0 Å². The number of urea groups is 2. The minimum atomic E-state index is -4.49. The monoisotopic (exact) mass is 336 g/mol. The molecule has 0 spiro atoms. The Hall–Kier alpha value is -2.61. The van der Waals surface area contributed by atoms with Gasteiger partial charge in [-0.1, -0.05) is 0 Å². The Balaban J connectivity index is 1.97. The third kappa shape index (κ3) is 2.73. The fourth-order valence-corrected chi connectivity index (χ4v) is 2.92. The van der Waals surface area contributed by atoms with Gasteiger partial charge in [0.2, 0.25) is 0 Å². The van der Waals surface area contributed by atoms with Crippen molar-refractivity contribution in [2.75, 3.05) is 19.6 Å². The molecule has 2 fully saturated rings. The first-order valence-electron chi connectivity index (χ1n) is 5.85. The number of rotatable bonds is 3. The molecule has 0 aromatic heterocycles. The van der Waals surface area contributed by atoms with Gasteiger partial charge in [-0.3, -0.25) is 14.7 Å². The van der Waals surface area contributed by atoms with E-state index in [9.17, 15) is 27.6 Å². The van der Waals surface area contributed by atoms with Crippen LogP contribution in [-0.2, 0) is 15.0 Å². The number of hydrazine groups is 1. The molecule has 0 bridgehead atoms. The number of carbonyl (C=O) groups excluding carboxylic acids is 3. The van der Waals surface area contributed by atoms with Gasteiger partial charge in [0.1, 0.15) is 6.04 Å². The lowest BCUT2D eigenvalue weighted by Gasteiger charge is -2.36. The molecule has 2 saturated heterocycles. The number of carbonyl (C=O) groups is 4. The van der Waals surface area contributed by atoms with E-state index in [0.717, 1.165) is 0 Å². The highest BCUT2D eigenvalue weighted by Crippen LogP contribution is 2.13. The summed E-state index contributed by atoms with van der Waals surface area (Å²) in [5.74, 6) is 4.32. The van der Waals surface area contributed by atoms with Crippen LogP contribution in [-0.4, -0.2) is 77.5 Å². The van der Waals surface area contributed by atoms with Crippen molar-refractivity contribution in [3.05, 3.63) is 0 Å². The third-order valence-corrected chi connectivity index (χ3v) is 4.33. The van der Waals surface area contributed by atoms with E-state index in [1.807, 2.05) is 5.32 Å². The molecule has 14 heteroatoms. The van der Waals surface area contributed by atoms with Gasteiger partial charge in [-0.25, -0.2) is 29.3 Å². The molecule has 122 valence electrons. The fraction of sp³-hybridized carbons (Fsp3) is 0.500. The van der Waals surface area contributed by atoms with Crippen LogP contribution in [0.15, 0.2) is 0 Å². The summed E-state index contributed by atoms with van der Waals surface area (Å²) in [6.45, 7) is -0.598. The summed E-state index contributed by atoms with van der Waals surface area (Å²) >= 11 is 0. The van der Waals surface area contributed by atoms with E-state index < -0.39 is 40.3 Å². The maximum absolute atomic E-state index is 11.9. The van der Waals surface area contributed by atoms with Gasteiger partial charge in [-0.15, -0.1) is 0 Å². The quantitative estimate of drug-likeness (QED) is 0.239. The number of hydrogen-bond acceptors (Lipinski definition) is 7. The lowest BCUT2D eigenvalue weighted by atomic mass is 10.1. The first kappa shape index (κ1) is 15.8. The molecule has 2 aliphatic heterocycles. The Bertz CT molecular complexity index is 647. The van der Waals surface area contributed by atoms with Gasteiger partial charge in [0, 0.05) is 0 Å². The summed E-state index contributed by atoms with van der Waals surface area (Å²) in [4.78, 5) is 45.5. The van der Waals surface area contributed by atoms with Crippen LogP contribution in [0.2, 0.25) is 0 Å². The maximum atomic E-state index is 11.9. The molecule has 0 aromatic carbocycles. The smallest absolute Gasteiger partial charge is 0.405 e. The number of hydrogen-bond donors (Lipinski definition) is 4. The number of nitrogens with zero attached hydrogens (tertiary/aromatic N) is 3. The molecule has 0 aliphatic carbocycles. The number of nitrogens with one attached hydrogen (secondary N) is 2. The lowest BCUT2D eigenvalue weighted by molar-refractivity contribution is -0.138. The van der Waals surface area contributed by atoms with Crippen LogP contribution in [0.25, 0.3) is 0 Å². The number of imide groups is 1. The van der Waals surface area contributed by atoms with Gasteiger partial charge < -0.3 is 10.4 Å². The molecule has 5 N–H and O–H groups in total. The fourth-order valence-electron chi connectivity index (χ4n) is 1.84. The molecule has 6 amide bonds. The van der Waals surface area contributed by atoms with Crippen LogP contribution in [0.3, 0.4) is 0 Å². The zero-order valence-electron chi connectivity index (χ0n) is 10.9. The molecule has 2 rings (SSSR count). The highest BCUT2D eigenvalue weighted by Gasteiger charge is 2.44. The normalized spacial score (nSPS) is 21.7. The minimum Gasteiger partial charge on any atom is -0.465 e. The summed E-state index contributed by atoms with van der Waals surface area (Å²) in [7, 11) is -4.49. The van der Waals surface area contributed by atoms with Crippen molar-refractivity contribution < 1.29 is 32.7 Å². The zero-order chi connectivity index (χ0) is 16.7. The van der Waals surface area contributed by atoms with Crippen LogP contribution < -0.4 is 15.9 Å². The second-order valence-corrected chi connectivity index (χ2v) is 6.01. The van der Waals surface area contributed by atoms with E-state index in [4.69, 9.17) is 10.9 Å². The van der Waals surface area contributed by atoms with Crippen molar-refractivity contribution in [1.29, 1.82) is 0 Å². The van der Waals surface area contributed by atoms with E-state index in [-0.39, 0.29) is 19.6 Å². The Morgan fingerprint density at radius 1 is 1.27 bits per heavy atom. The topological polar surface area (TPSA) is 182 Å². The lowest BCUT2D eigenvalue weighted by Crippen LogP contribution is -2.67. The van der Waals surface area contributed by atoms with Crippen LogP contribution in [0.1, 0.15) is 0 Å². The average molecular weight is 336 g/mol. The number of nitrogens with two attached hydrogens (primary N) is 1. The van der Waals surface area contributed by atoms with Crippen LogP contribution in [0.5, 0.6) is 0 Å². The van der Waals surface area contributed by atoms with Crippen molar-refractivity contribution in [2.45, 2.75) is 6.04 Å². The second kappa shape index (κ2) is 5.30. The minimum absolute atomic E-state index is 0.0405. The maximum Gasteiger partial charge on any atom is 0.405 e. The number of carboxylic acid groups (broad SMARTS) is 1. The van der Waals surface area contributed by atoms with Crippen molar-refractivity contribution in [3.8, 4) is 0 Å². The molecule has 0 saturated carbocycles. The summed E-state index contributed by atoms with van der Waals surface area (Å²) < 4.78 is 25.6. The first-order valence-corrected chi connectivity index (χ1v) is 7.29. The standard InChI is InChI=1S/C8H12N6O7S/c9-13-1-2-14(8(13)19)22(20,21)11-6(16)12-3-4(5(12)15)10-7(17)18/h4,10H,1-3,9H2,(H,11,16)(H,17,18)/t4-/m0/s1. The Morgan fingerprint density at radius 2 is 1.91 bits per heavy atom. The molecule has 13 nitrogen and oxygen atoms in total. The largest absolute Gasteiger partial charge is 0.465 e. The Morgan fingerprint density at radius 3 is 2.36 bits per heavy atom. The summed E-state index contributed by atoms with van der Waals surface area (Å²) in [6.07, 6.45) is -1.45. The predicted octanol–water partition coefficient (Wildman–Crippen LogP) is -2.97. The van der Waals surface area contributed by atoms with Crippen molar-refractivity contribution >= 4 is 34.3 Å². The van der Waals surface area contributed by atoms with E-state index in [1.54, 1.807) is 4.72 Å². The Labute approximate surface area is 123 Å². The predicted molar refractivity (Wildman–Crippen MR) is 67.1 cm³/mol. The summed E-state index contributed by atoms with van der Waals surface area (Å²) in [5, 5.41) is 10.9. The molecule has 1 atom stereocenters. The zero-order valence-corrected chi connectivity index (χ0v) is 11.7. The molecule has 22 heavy (non-hydrogen) atoms. The second-order valence-electron chi connectivity index (χ2n) is 4.41. The van der Waals surface area contributed by atoms with Crippen molar-refractivity contribution in [3.63, 3.8) is 0 Å². The van der Waals surface area contributed by atoms with Crippen LogP contribution in [0, 0.1) is 0 Å². The van der Waals surface area contributed by atoms with Crippen molar-refractivity contribution in [1.82, 2.24) is 24.3 Å². The van der Waals surface area contributed by atoms with Gasteiger partial charge in [0.25, 0.3) is 5.91 Å². The van der Waals surface area contributed by atoms with Gasteiger partial charge in [-0.2, -0.15) is 8.42 Å². The molecule has 0 unspecified atom stereocenters. The van der Waals surface area contributed by atoms with E-state index in [0.29, 0.717) is 14.2 Å². The average Bonchev–Trinajstić information content (AvgIpc) is 2.73. The molecule has 0 aromatic rings.